The van der Waals surface area contributed by atoms with Gasteiger partial charge in [-0.25, -0.2) is 0 Å². The van der Waals surface area contributed by atoms with E-state index in [4.69, 9.17) is 0 Å². The molecular weight excluding hydrogens is 512 g/mol. The van der Waals surface area contributed by atoms with Gasteiger partial charge in [0.1, 0.15) is 6.29 Å². The third kappa shape index (κ3) is 11.0. The average molecular weight is 565 g/mol. The van der Waals surface area contributed by atoms with Gasteiger partial charge in [0.05, 0.1) is 0 Å². The Kier molecular flexibility index (Phi) is 14.7. The van der Waals surface area contributed by atoms with Gasteiger partial charge in [0.2, 0.25) is 0 Å². The molecule has 224 valence electrons. The van der Waals surface area contributed by atoms with Gasteiger partial charge < -0.3 is 9.80 Å². The molecule has 0 atom stereocenters. The molecule has 0 amide bonds. The normalized spacial score (nSPS) is 11.4. The molecule has 0 fully saturated rings. The lowest BCUT2D eigenvalue weighted by Crippen LogP contribution is -2.25. The van der Waals surface area contributed by atoms with Crippen LogP contribution in [0.5, 0.6) is 0 Å². The summed E-state index contributed by atoms with van der Waals surface area (Å²) in [6.07, 6.45) is 19.1. The van der Waals surface area contributed by atoms with Gasteiger partial charge >= 0.3 is 0 Å². The fraction of sp³-hybridized carbons (Fsp3) is 0.410. The highest BCUT2D eigenvalue weighted by molar-refractivity contribution is 5.82. The summed E-state index contributed by atoms with van der Waals surface area (Å²) in [5, 5.41) is 0. The highest BCUT2D eigenvalue weighted by Gasteiger charge is 2.07. The van der Waals surface area contributed by atoms with Gasteiger partial charge in [-0.15, -0.1) is 0 Å². The van der Waals surface area contributed by atoms with E-state index in [1.54, 1.807) is 0 Å². The van der Waals surface area contributed by atoms with E-state index >= 15 is 0 Å². The Bertz CT molecular complexity index is 1130. The van der Waals surface area contributed by atoms with Crippen LogP contribution in [-0.4, -0.2) is 32.5 Å². The second-order valence-corrected chi connectivity index (χ2v) is 11.3. The molecule has 3 heteroatoms. The molecule has 42 heavy (non-hydrogen) atoms. The first-order valence-electron chi connectivity index (χ1n) is 16.3. The molecule has 0 spiro atoms. The molecular formula is C39H52N2O. The predicted molar refractivity (Wildman–Crippen MR) is 187 cm³/mol. The standard InChI is InChI=1S/C39H52N2O/c1-5-9-25-40(26-10-6-2)38-21-17-33(18-22-38)13-15-35-29-36(31-37(30-35)32-42)16-14-34-19-23-39(24-20-34)41(27-11-7-3)28-12-8-4/h13-24,29-32H,5-12,25-28H2,1-4H3/b15-13+,16-14+. The van der Waals surface area contributed by atoms with Crippen molar-refractivity contribution in [3.63, 3.8) is 0 Å². The van der Waals surface area contributed by atoms with Crippen LogP contribution >= 0.6 is 0 Å². The quantitative estimate of drug-likeness (QED) is 0.107. The molecule has 0 aliphatic rings. The number of anilines is 2. The zero-order valence-corrected chi connectivity index (χ0v) is 26.5. The largest absolute Gasteiger partial charge is 0.372 e. The Morgan fingerprint density at radius 3 is 1.07 bits per heavy atom. The summed E-state index contributed by atoms with van der Waals surface area (Å²) in [5.74, 6) is 0. The van der Waals surface area contributed by atoms with E-state index in [-0.39, 0.29) is 0 Å². The molecule has 0 aliphatic heterocycles. The maximum atomic E-state index is 11.7. The van der Waals surface area contributed by atoms with E-state index in [1.807, 2.05) is 12.1 Å². The molecule has 0 bridgehead atoms. The van der Waals surface area contributed by atoms with Crippen molar-refractivity contribution in [1.82, 2.24) is 0 Å². The van der Waals surface area contributed by atoms with Crippen molar-refractivity contribution >= 4 is 42.0 Å². The minimum absolute atomic E-state index is 0.687. The Hall–Kier alpha value is -3.59. The number of unbranched alkanes of at least 4 members (excludes halogenated alkanes) is 4. The molecule has 0 heterocycles. The molecule has 0 aliphatic carbocycles. The summed E-state index contributed by atoms with van der Waals surface area (Å²) in [6.45, 7) is 13.5. The van der Waals surface area contributed by atoms with E-state index in [0.29, 0.717) is 5.56 Å². The zero-order valence-electron chi connectivity index (χ0n) is 26.5. The van der Waals surface area contributed by atoms with Crippen LogP contribution in [-0.2, 0) is 0 Å². The topological polar surface area (TPSA) is 23.6 Å². The first-order valence-corrected chi connectivity index (χ1v) is 16.3. The third-order valence-corrected chi connectivity index (χ3v) is 7.72. The first-order chi connectivity index (χ1) is 20.6. The number of hydrogen-bond acceptors (Lipinski definition) is 3. The van der Waals surface area contributed by atoms with Gasteiger partial charge in [0.15, 0.2) is 0 Å². The van der Waals surface area contributed by atoms with Gasteiger partial charge in [-0.05, 0) is 90.4 Å². The summed E-state index contributed by atoms with van der Waals surface area (Å²) in [7, 11) is 0. The molecule has 0 N–H and O–H groups in total. The maximum Gasteiger partial charge on any atom is 0.150 e. The van der Waals surface area contributed by atoms with Gasteiger partial charge in [-0.3, -0.25) is 4.79 Å². The summed E-state index contributed by atoms with van der Waals surface area (Å²) in [4.78, 5) is 16.7. The number of carbonyl (C=O) groups excluding carboxylic acids is 1. The van der Waals surface area contributed by atoms with E-state index in [0.717, 1.165) is 54.7 Å². The monoisotopic (exact) mass is 564 g/mol. The lowest BCUT2D eigenvalue weighted by molar-refractivity contribution is 0.112. The van der Waals surface area contributed by atoms with Crippen molar-refractivity contribution < 1.29 is 4.79 Å². The van der Waals surface area contributed by atoms with Crippen molar-refractivity contribution in [2.45, 2.75) is 79.1 Å². The predicted octanol–water partition coefficient (Wildman–Crippen LogP) is 10.7. The Labute approximate surface area is 256 Å². The molecule has 3 rings (SSSR count). The molecule has 0 unspecified atom stereocenters. The van der Waals surface area contributed by atoms with E-state index in [2.05, 4.69) is 116 Å². The second-order valence-electron chi connectivity index (χ2n) is 11.3. The van der Waals surface area contributed by atoms with Crippen LogP contribution in [0.15, 0.2) is 66.7 Å². The highest BCUT2D eigenvalue weighted by atomic mass is 16.1. The van der Waals surface area contributed by atoms with Crippen LogP contribution in [0.25, 0.3) is 24.3 Å². The van der Waals surface area contributed by atoms with Crippen molar-refractivity contribution in [1.29, 1.82) is 0 Å². The summed E-state index contributed by atoms with van der Waals surface area (Å²) in [5.41, 5.74) is 7.64. The third-order valence-electron chi connectivity index (χ3n) is 7.72. The average Bonchev–Trinajstić information content (AvgIpc) is 3.03. The maximum absolute atomic E-state index is 11.7. The summed E-state index contributed by atoms with van der Waals surface area (Å²) >= 11 is 0. The molecule has 0 radical (unpaired) electrons. The summed E-state index contributed by atoms with van der Waals surface area (Å²) in [6, 6.07) is 23.7. The van der Waals surface area contributed by atoms with Crippen molar-refractivity contribution in [3.05, 3.63) is 94.5 Å². The minimum Gasteiger partial charge on any atom is -0.372 e. The van der Waals surface area contributed by atoms with Gasteiger partial charge in [-0.1, -0.05) is 102 Å². The van der Waals surface area contributed by atoms with Crippen molar-refractivity contribution in [2.24, 2.45) is 0 Å². The van der Waals surface area contributed by atoms with Crippen LogP contribution < -0.4 is 9.80 Å². The SMILES string of the molecule is CCCCN(CCCC)c1ccc(/C=C/c2cc(C=O)cc(/C=C/c3ccc(N(CCCC)CCCC)cc3)c2)cc1. The lowest BCUT2D eigenvalue weighted by Gasteiger charge is -2.24. The van der Waals surface area contributed by atoms with Crippen LogP contribution in [0.2, 0.25) is 0 Å². The lowest BCUT2D eigenvalue weighted by atomic mass is 10.0. The van der Waals surface area contributed by atoms with Crippen LogP contribution in [0, 0.1) is 0 Å². The van der Waals surface area contributed by atoms with Gasteiger partial charge in [0, 0.05) is 43.1 Å². The van der Waals surface area contributed by atoms with Crippen molar-refractivity contribution in [2.75, 3.05) is 36.0 Å². The zero-order chi connectivity index (χ0) is 30.0. The molecule has 3 aromatic rings. The minimum atomic E-state index is 0.687. The van der Waals surface area contributed by atoms with Gasteiger partial charge in [-0.2, -0.15) is 0 Å². The Morgan fingerprint density at radius 2 is 0.762 bits per heavy atom. The number of hydrogen-bond donors (Lipinski definition) is 0. The fourth-order valence-electron chi connectivity index (χ4n) is 5.08. The molecule has 0 saturated carbocycles. The van der Waals surface area contributed by atoms with Crippen LogP contribution in [0.3, 0.4) is 0 Å². The smallest absolute Gasteiger partial charge is 0.150 e. The van der Waals surface area contributed by atoms with E-state index < -0.39 is 0 Å². The second kappa shape index (κ2) is 18.8. The van der Waals surface area contributed by atoms with Crippen LogP contribution in [0.1, 0.15) is 112 Å². The van der Waals surface area contributed by atoms with E-state index in [9.17, 15) is 4.79 Å². The van der Waals surface area contributed by atoms with Gasteiger partial charge in [0.25, 0.3) is 0 Å². The molecule has 0 saturated heterocycles. The number of benzene rings is 3. The number of aldehydes is 1. The van der Waals surface area contributed by atoms with E-state index in [1.165, 1.54) is 62.7 Å². The fourth-order valence-corrected chi connectivity index (χ4v) is 5.08. The van der Waals surface area contributed by atoms with Crippen LogP contribution in [0.4, 0.5) is 11.4 Å². The highest BCUT2D eigenvalue weighted by Crippen LogP contribution is 2.21. The Morgan fingerprint density at radius 1 is 0.452 bits per heavy atom. The Balaban J connectivity index is 1.71. The number of rotatable bonds is 19. The number of carbonyl (C=O) groups is 1. The molecule has 0 aromatic heterocycles. The molecule has 3 nitrogen and oxygen atoms in total. The number of nitrogens with zero attached hydrogens (tertiary/aromatic N) is 2. The molecule has 3 aromatic carbocycles. The van der Waals surface area contributed by atoms with Crippen molar-refractivity contribution in [3.8, 4) is 0 Å². The summed E-state index contributed by atoms with van der Waals surface area (Å²) < 4.78 is 0. The first kappa shape index (κ1) is 32.9.